The Hall–Kier alpha value is -2.69. The van der Waals surface area contributed by atoms with Gasteiger partial charge in [0.1, 0.15) is 5.01 Å². The fourth-order valence-corrected chi connectivity index (χ4v) is 3.07. The average Bonchev–Trinajstić information content (AvgIpc) is 3.16. The highest BCUT2D eigenvalue weighted by Crippen LogP contribution is 2.38. The molecule has 0 saturated heterocycles. The molecule has 7 nitrogen and oxygen atoms in total. The monoisotopic (exact) mass is 418 g/mol. The van der Waals surface area contributed by atoms with E-state index in [1.807, 2.05) is 0 Å². The second-order valence-corrected chi connectivity index (χ2v) is 6.38. The SMILES string of the molecule is CN=C(NCc1cc(OC)c(OC)c(OC)c1)NCc1nc(C(F)(F)F)cs1. The van der Waals surface area contributed by atoms with Gasteiger partial charge >= 0.3 is 6.18 Å². The molecule has 1 aromatic heterocycles. The van der Waals surface area contributed by atoms with E-state index < -0.39 is 11.9 Å². The zero-order valence-electron chi connectivity index (χ0n) is 15.8. The lowest BCUT2D eigenvalue weighted by Gasteiger charge is -2.15. The second kappa shape index (κ2) is 9.49. The number of ether oxygens (including phenoxy) is 3. The summed E-state index contributed by atoms with van der Waals surface area (Å²) in [6, 6.07) is 3.58. The van der Waals surface area contributed by atoms with E-state index in [1.54, 1.807) is 19.2 Å². The lowest BCUT2D eigenvalue weighted by Crippen LogP contribution is -2.36. The smallest absolute Gasteiger partial charge is 0.434 e. The van der Waals surface area contributed by atoms with Crippen LogP contribution in [0.3, 0.4) is 0 Å². The molecule has 28 heavy (non-hydrogen) atoms. The van der Waals surface area contributed by atoms with Crippen LogP contribution in [0.15, 0.2) is 22.5 Å². The van der Waals surface area contributed by atoms with Crippen LogP contribution in [0.1, 0.15) is 16.3 Å². The first-order chi connectivity index (χ1) is 13.3. The van der Waals surface area contributed by atoms with E-state index in [2.05, 4.69) is 20.6 Å². The number of hydrogen-bond acceptors (Lipinski definition) is 6. The Morgan fingerprint density at radius 2 is 1.68 bits per heavy atom. The summed E-state index contributed by atoms with van der Waals surface area (Å²) in [5.41, 5.74) is -0.0549. The molecule has 0 atom stereocenters. The number of hydrogen-bond donors (Lipinski definition) is 2. The third-order valence-electron chi connectivity index (χ3n) is 3.66. The van der Waals surface area contributed by atoms with Gasteiger partial charge in [0.15, 0.2) is 23.2 Å². The van der Waals surface area contributed by atoms with Crippen LogP contribution in [0.2, 0.25) is 0 Å². The Kier molecular flexibility index (Phi) is 7.32. The van der Waals surface area contributed by atoms with Gasteiger partial charge < -0.3 is 24.8 Å². The number of rotatable bonds is 7. The average molecular weight is 418 g/mol. The first-order valence-corrected chi connectivity index (χ1v) is 8.95. The van der Waals surface area contributed by atoms with Gasteiger partial charge in [-0.2, -0.15) is 13.2 Å². The second-order valence-electron chi connectivity index (χ2n) is 5.44. The number of methoxy groups -OCH3 is 3. The van der Waals surface area contributed by atoms with Gasteiger partial charge in [-0.15, -0.1) is 11.3 Å². The van der Waals surface area contributed by atoms with Crippen LogP contribution in [0.5, 0.6) is 17.2 Å². The molecule has 1 aromatic carbocycles. The van der Waals surface area contributed by atoms with Crippen LogP contribution in [-0.2, 0) is 19.3 Å². The maximum Gasteiger partial charge on any atom is 0.434 e. The molecule has 0 aliphatic carbocycles. The summed E-state index contributed by atoms with van der Waals surface area (Å²) < 4.78 is 53.7. The molecule has 0 radical (unpaired) electrons. The van der Waals surface area contributed by atoms with Gasteiger partial charge in [-0.3, -0.25) is 4.99 Å². The number of guanidine groups is 1. The molecule has 0 fully saturated rings. The summed E-state index contributed by atoms with van der Waals surface area (Å²) in [5.74, 6) is 1.94. The first-order valence-electron chi connectivity index (χ1n) is 8.07. The molecule has 0 aliphatic heterocycles. The van der Waals surface area contributed by atoms with Gasteiger partial charge in [-0.1, -0.05) is 0 Å². The lowest BCUT2D eigenvalue weighted by molar-refractivity contribution is -0.140. The van der Waals surface area contributed by atoms with E-state index in [0.717, 1.165) is 22.3 Å². The van der Waals surface area contributed by atoms with Crippen LogP contribution in [0.4, 0.5) is 13.2 Å². The number of thiazole rings is 1. The number of aliphatic imine (C=N–C) groups is 1. The topological polar surface area (TPSA) is 77.0 Å². The maximum absolute atomic E-state index is 12.6. The van der Waals surface area contributed by atoms with Gasteiger partial charge in [0.05, 0.1) is 27.9 Å². The van der Waals surface area contributed by atoms with E-state index in [1.165, 1.54) is 21.3 Å². The molecule has 0 amide bonds. The molecule has 11 heteroatoms. The van der Waals surface area contributed by atoms with Crippen LogP contribution in [0, 0.1) is 0 Å². The van der Waals surface area contributed by atoms with Gasteiger partial charge in [-0.25, -0.2) is 4.98 Å². The van der Waals surface area contributed by atoms with Crippen molar-refractivity contribution >= 4 is 17.3 Å². The van der Waals surface area contributed by atoms with Gasteiger partial charge in [0, 0.05) is 19.0 Å². The molecular weight excluding hydrogens is 397 g/mol. The van der Waals surface area contributed by atoms with Gasteiger partial charge in [0.2, 0.25) is 5.75 Å². The Morgan fingerprint density at radius 1 is 1.07 bits per heavy atom. The van der Waals surface area contributed by atoms with Crippen molar-refractivity contribution in [3.8, 4) is 17.2 Å². The van der Waals surface area contributed by atoms with E-state index in [0.29, 0.717) is 34.8 Å². The van der Waals surface area contributed by atoms with Crippen molar-refractivity contribution in [2.24, 2.45) is 4.99 Å². The van der Waals surface area contributed by atoms with E-state index in [-0.39, 0.29) is 6.54 Å². The predicted molar refractivity (Wildman–Crippen MR) is 100 cm³/mol. The molecule has 2 aromatic rings. The van der Waals surface area contributed by atoms with Crippen LogP contribution >= 0.6 is 11.3 Å². The van der Waals surface area contributed by atoms with Crippen molar-refractivity contribution in [3.05, 3.63) is 33.8 Å². The van der Waals surface area contributed by atoms with Crippen molar-refractivity contribution in [1.29, 1.82) is 0 Å². The number of nitrogens with one attached hydrogen (secondary N) is 2. The lowest BCUT2D eigenvalue weighted by atomic mass is 10.2. The standard InChI is InChI=1S/C17H21F3N4O3S/c1-21-16(23-8-14-24-13(9-28-14)17(18,19)20)22-7-10-5-11(25-2)15(27-4)12(6-10)26-3/h5-6,9H,7-8H2,1-4H3,(H2,21,22,23). The number of benzene rings is 1. The molecule has 0 saturated carbocycles. The zero-order chi connectivity index (χ0) is 20.7. The fraction of sp³-hybridized carbons (Fsp3) is 0.412. The minimum atomic E-state index is -4.44. The minimum absolute atomic E-state index is 0.121. The van der Waals surface area contributed by atoms with E-state index in [4.69, 9.17) is 14.2 Å². The summed E-state index contributed by atoms with van der Waals surface area (Å²) in [7, 11) is 6.14. The predicted octanol–water partition coefficient (Wildman–Crippen LogP) is 3.05. The third kappa shape index (κ3) is 5.41. The highest BCUT2D eigenvalue weighted by molar-refractivity contribution is 7.09. The molecule has 0 aliphatic rings. The summed E-state index contributed by atoms with van der Waals surface area (Å²) >= 11 is 0.934. The number of nitrogens with zero attached hydrogens (tertiary/aromatic N) is 2. The van der Waals surface area contributed by atoms with E-state index in [9.17, 15) is 13.2 Å². The highest BCUT2D eigenvalue weighted by Gasteiger charge is 2.33. The fourth-order valence-electron chi connectivity index (χ4n) is 2.33. The number of aromatic nitrogens is 1. The Balaban J connectivity index is 1.99. The van der Waals surface area contributed by atoms with Crippen LogP contribution in [-0.4, -0.2) is 39.3 Å². The first kappa shape index (κ1) is 21.6. The summed E-state index contributed by atoms with van der Waals surface area (Å²) in [6.07, 6.45) is -4.44. The molecular formula is C17H21F3N4O3S. The molecule has 0 bridgehead atoms. The minimum Gasteiger partial charge on any atom is -0.493 e. The molecule has 2 rings (SSSR count). The highest BCUT2D eigenvalue weighted by atomic mass is 32.1. The third-order valence-corrected chi connectivity index (χ3v) is 4.51. The maximum atomic E-state index is 12.6. The van der Waals surface area contributed by atoms with Gasteiger partial charge in [-0.05, 0) is 17.7 Å². The molecule has 1 heterocycles. The Morgan fingerprint density at radius 3 is 2.14 bits per heavy atom. The van der Waals surface area contributed by atoms with Crippen molar-refractivity contribution in [2.75, 3.05) is 28.4 Å². The molecule has 154 valence electrons. The summed E-state index contributed by atoms with van der Waals surface area (Å²) in [5, 5.41) is 7.31. The van der Waals surface area contributed by atoms with E-state index >= 15 is 0 Å². The quantitative estimate of drug-likeness (QED) is 0.532. The van der Waals surface area contributed by atoms with Crippen LogP contribution in [0.25, 0.3) is 0 Å². The Labute approximate surface area is 164 Å². The zero-order valence-corrected chi connectivity index (χ0v) is 16.6. The van der Waals surface area contributed by atoms with Crippen molar-refractivity contribution in [1.82, 2.24) is 15.6 Å². The number of alkyl halides is 3. The summed E-state index contributed by atoms with van der Waals surface area (Å²) in [4.78, 5) is 7.63. The van der Waals surface area contributed by atoms with Crippen molar-refractivity contribution in [3.63, 3.8) is 0 Å². The molecule has 2 N–H and O–H groups in total. The summed E-state index contributed by atoms with van der Waals surface area (Å²) in [6.45, 7) is 0.498. The normalized spacial score (nSPS) is 11.9. The van der Waals surface area contributed by atoms with Crippen molar-refractivity contribution in [2.45, 2.75) is 19.3 Å². The number of halogens is 3. The Bertz CT molecular complexity index is 799. The molecule has 0 spiro atoms. The van der Waals surface area contributed by atoms with Gasteiger partial charge in [0.25, 0.3) is 0 Å². The largest absolute Gasteiger partial charge is 0.493 e. The molecule has 0 unspecified atom stereocenters. The van der Waals surface area contributed by atoms with Crippen LogP contribution < -0.4 is 24.8 Å². The van der Waals surface area contributed by atoms with Crippen molar-refractivity contribution < 1.29 is 27.4 Å².